The van der Waals surface area contributed by atoms with Crippen molar-refractivity contribution in [1.29, 1.82) is 0 Å². The van der Waals surface area contributed by atoms with Crippen molar-refractivity contribution >= 4 is 17.5 Å². The Morgan fingerprint density at radius 3 is 2.35 bits per heavy atom. The molecule has 1 aliphatic heterocycles. The number of ketones is 1. The van der Waals surface area contributed by atoms with E-state index in [9.17, 15) is 27.2 Å². The number of Topliss-reactive ketones (excluding diaryl/α,β-unsaturated/α-hetero) is 1. The van der Waals surface area contributed by atoms with E-state index in [2.05, 4.69) is 10.1 Å². The number of alkyl halides is 3. The smallest absolute Gasteiger partial charge is 0.405 e. The number of hydrogen-bond donors (Lipinski definition) is 1. The molecule has 0 atom stereocenters. The van der Waals surface area contributed by atoms with Gasteiger partial charge in [0.25, 0.3) is 0 Å². The summed E-state index contributed by atoms with van der Waals surface area (Å²) in [6, 6.07) is 9.43. The predicted molar refractivity (Wildman–Crippen MR) is 106 cm³/mol. The second-order valence-corrected chi connectivity index (χ2v) is 7.01. The quantitative estimate of drug-likeness (QED) is 0.566. The minimum absolute atomic E-state index is 0.133. The Kier molecular flexibility index (Phi) is 6.67. The monoisotopic (exact) mass is 439 g/mol. The van der Waals surface area contributed by atoms with Crippen molar-refractivity contribution in [2.45, 2.75) is 19.8 Å². The molecule has 1 aliphatic rings. The molecule has 3 rings (SSSR count). The number of para-hydroxylation sites is 1. The number of urea groups is 1. The second kappa shape index (κ2) is 9.23. The number of benzene rings is 2. The summed E-state index contributed by atoms with van der Waals surface area (Å²) in [4.78, 5) is 27.1. The number of amides is 2. The third-order valence-corrected chi connectivity index (χ3v) is 4.89. The number of piperazine rings is 1. The first-order valence-electron chi connectivity index (χ1n) is 9.56. The van der Waals surface area contributed by atoms with Gasteiger partial charge in [-0.05, 0) is 31.2 Å². The van der Waals surface area contributed by atoms with E-state index in [1.165, 1.54) is 36.1 Å². The topological polar surface area (TPSA) is 61.9 Å². The van der Waals surface area contributed by atoms with Gasteiger partial charge in [0.15, 0.2) is 5.78 Å². The fourth-order valence-corrected chi connectivity index (χ4v) is 3.29. The summed E-state index contributed by atoms with van der Waals surface area (Å²) in [7, 11) is 0. The summed E-state index contributed by atoms with van der Waals surface area (Å²) in [5.41, 5.74) is 0.830. The molecular weight excluding hydrogens is 418 g/mol. The minimum Gasteiger partial charge on any atom is -0.405 e. The molecule has 2 aromatic carbocycles. The highest BCUT2D eigenvalue weighted by Crippen LogP contribution is 2.26. The highest BCUT2D eigenvalue weighted by atomic mass is 19.4. The SMILES string of the molecule is CC(=O)c1ccc(N2CCN(C(=O)NCc3ccccc3OC(F)(F)F)CC2)c(F)c1. The molecule has 1 fully saturated rings. The maximum atomic E-state index is 14.3. The molecule has 1 N–H and O–H groups in total. The Balaban J connectivity index is 1.55. The fraction of sp³-hybridized carbons (Fsp3) is 0.333. The first-order chi connectivity index (χ1) is 14.6. The summed E-state index contributed by atoms with van der Waals surface area (Å²) in [6.45, 7) is 2.59. The van der Waals surface area contributed by atoms with Crippen LogP contribution in [-0.2, 0) is 6.54 Å². The molecule has 0 aliphatic carbocycles. The molecule has 0 radical (unpaired) electrons. The first kappa shape index (κ1) is 22.4. The van der Waals surface area contributed by atoms with Gasteiger partial charge in [-0.3, -0.25) is 4.79 Å². The zero-order valence-corrected chi connectivity index (χ0v) is 16.7. The van der Waals surface area contributed by atoms with Crippen LogP contribution in [0.5, 0.6) is 5.75 Å². The molecule has 0 aromatic heterocycles. The van der Waals surface area contributed by atoms with Crippen molar-refractivity contribution in [3.63, 3.8) is 0 Å². The molecule has 2 aromatic rings. The van der Waals surface area contributed by atoms with Crippen molar-refractivity contribution in [2.24, 2.45) is 0 Å². The van der Waals surface area contributed by atoms with Gasteiger partial charge in [-0.25, -0.2) is 9.18 Å². The van der Waals surface area contributed by atoms with Crippen LogP contribution in [0, 0.1) is 5.82 Å². The van der Waals surface area contributed by atoms with Gasteiger partial charge in [-0.2, -0.15) is 0 Å². The fourth-order valence-electron chi connectivity index (χ4n) is 3.29. The lowest BCUT2D eigenvalue weighted by atomic mass is 10.1. The van der Waals surface area contributed by atoms with Crippen molar-refractivity contribution < 1.29 is 31.9 Å². The second-order valence-electron chi connectivity index (χ2n) is 7.01. The lowest BCUT2D eigenvalue weighted by Gasteiger charge is -2.36. The average Bonchev–Trinajstić information content (AvgIpc) is 2.72. The van der Waals surface area contributed by atoms with Crippen LogP contribution in [-0.4, -0.2) is 49.3 Å². The van der Waals surface area contributed by atoms with Crippen LogP contribution in [0.25, 0.3) is 0 Å². The molecule has 0 bridgehead atoms. The van der Waals surface area contributed by atoms with Crippen LogP contribution in [0.2, 0.25) is 0 Å². The Bertz CT molecular complexity index is 957. The van der Waals surface area contributed by atoms with E-state index in [-0.39, 0.29) is 29.2 Å². The van der Waals surface area contributed by atoms with Crippen molar-refractivity contribution in [3.8, 4) is 5.75 Å². The van der Waals surface area contributed by atoms with Crippen LogP contribution >= 0.6 is 0 Å². The normalized spacial score (nSPS) is 14.4. The van der Waals surface area contributed by atoms with E-state index in [0.29, 0.717) is 31.9 Å². The highest BCUT2D eigenvalue weighted by molar-refractivity contribution is 5.94. The van der Waals surface area contributed by atoms with Gasteiger partial charge in [0, 0.05) is 43.9 Å². The molecule has 0 spiro atoms. The highest BCUT2D eigenvalue weighted by Gasteiger charge is 2.32. The summed E-state index contributed by atoms with van der Waals surface area (Å²) >= 11 is 0. The summed E-state index contributed by atoms with van der Waals surface area (Å²) in [6.07, 6.45) is -4.83. The summed E-state index contributed by atoms with van der Waals surface area (Å²) < 4.78 is 55.9. The third kappa shape index (κ3) is 5.87. The van der Waals surface area contributed by atoms with Crippen LogP contribution in [0.1, 0.15) is 22.8 Å². The van der Waals surface area contributed by atoms with E-state index in [0.717, 1.165) is 0 Å². The molecular formula is C21H21F4N3O3. The Morgan fingerprint density at radius 2 is 1.74 bits per heavy atom. The van der Waals surface area contributed by atoms with Crippen LogP contribution in [0.4, 0.5) is 28.0 Å². The van der Waals surface area contributed by atoms with Crippen LogP contribution in [0.3, 0.4) is 0 Å². The number of ether oxygens (including phenoxy) is 1. The number of carbonyl (C=O) groups is 2. The van der Waals surface area contributed by atoms with Crippen molar-refractivity contribution in [2.75, 3.05) is 31.1 Å². The maximum absolute atomic E-state index is 14.3. The Labute approximate surface area is 176 Å². The number of carbonyl (C=O) groups excluding carboxylic acids is 2. The molecule has 166 valence electrons. The molecule has 0 saturated carbocycles. The Hall–Kier alpha value is -3.30. The predicted octanol–water partition coefficient (Wildman–Crippen LogP) is 3.96. The van der Waals surface area contributed by atoms with E-state index in [1.54, 1.807) is 23.1 Å². The number of rotatable bonds is 5. The lowest BCUT2D eigenvalue weighted by Crippen LogP contribution is -2.51. The van der Waals surface area contributed by atoms with Crippen molar-refractivity contribution in [1.82, 2.24) is 10.2 Å². The van der Waals surface area contributed by atoms with Gasteiger partial charge < -0.3 is 19.9 Å². The maximum Gasteiger partial charge on any atom is 0.573 e. The number of halogens is 4. The van der Waals surface area contributed by atoms with Gasteiger partial charge >= 0.3 is 12.4 Å². The van der Waals surface area contributed by atoms with E-state index in [4.69, 9.17) is 0 Å². The van der Waals surface area contributed by atoms with Gasteiger partial charge in [-0.1, -0.05) is 18.2 Å². The molecule has 0 unspecified atom stereocenters. The number of nitrogens with zero attached hydrogens (tertiary/aromatic N) is 2. The van der Waals surface area contributed by atoms with Crippen LogP contribution in [0.15, 0.2) is 42.5 Å². The van der Waals surface area contributed by atoms with E-state index in [1.807, 2.05) is 0 Å². The van der Waals surface area contributed by atoms with Gasteiger partial charge in [-0.15, -0.1) is 13.2 Å². The molecule has 31 heavy (non-hydrogen) atoms. The average molecular weight is 439 g/mol. The lowest BCUT2D eigenvalue weighted by molar-refractivity contribution is -0.274. The minimum atomic E-state index is -4.83. The summed E-state index contributed by atoms with van der Waals surface area (Å²) in [5, 5.41) is 2.59. The van der Waals surface area contributed by atoms with Gasteiger partial charge in [0.05, 0.1) is 5.69 Å². The molecule has 6 nitrogen and oxygen atoms in total. The number of nitrogens with one attached hydrogen (secondary N) is 1. The van der Waals surface area contributed by atoms with Gasteiger partial charge in [0.2, 0.25) is 0 Å². The van der Waals surface area contributed by atoms with E-state index < -0.39 is 18.2 Å². The third-order valence-electron chi connectivity index (χ3n) is 4.89. The molecule has 2 amide bonds. The molecule has 1 saturated heterocycles. The zero-order chi connectivity index (χ0) is 22.6. The van der Waals surface area contributed by atoms with E-state index >= 15 is 0 Å². The van der Waals surface area contributed by atoms with Crippen LogP contribution < -0.4 is 15.0 Å². The zero-order valence-electron chi connectivity index (χ0n) is 16.7. The van der Waals surface area contributed by atoms with Gasteiger partial charge in [0.1, 0.15) is 11.6 Å². The standard InChI is InChI=1S/C21H21F4N3O3/c1-14(29)15-6-7-18(17(22)12-15)27-8-10-28(11-9-27)20(30)26-13-16-4-2-3-5-19(16)31-21(23,24)25/h2-7,12H,8-11,13H2,1H3,(H,26,30). The largest absolute Gasteiger partial charge is 0.573 e. The number of anilines is 1. The molecule has 10 heteroatoms. The molecule has 1 heterocycles. The number of hydrogen-bond acceptors (Lipinski definition) is 4. The Morgan fingerprint density at radius 1 is 1.06 bits per heavy atom. The van der Waals surface area contributed by atoms with Crippen molar-refractivity contribution in [3.05, 3.63) is 59.4 Å². The summed E-state index contributed by atoms with van der Waals surface area (Å²) in [5.74, 6) is -1.11. The first-order valence-corrected chi connectivity index (χ1v) is 9.56.